The van der Waals surface area contributed by atoms with Gasteiger partial charge in [0, 0.05) is 0 Å². The van der Waals surface area contributed by atoms with E-state index >= 15 is 0 Å². The van der Waals surface area contributed by atoms with Gasteiger partial charge in [0.25, 0.3) is 0 Å². The molecule has 138 valence electrons. The van der Waals surface area contributed by atoms with Gasteiger partial charge >= 0.3 is 18.3 Å². The van der Waals surface area contributed by atoms with Gasteiger partial charge in [-0.25, -0.2) is 0 Å². The van der Waals surface area contributed by atoms with Crippen LogP contribution >= 0.6 is 0 Å². The van der Waals surface area contributed by atoms with Gasteiger partial charge in [-0.15, -0.1) is 0 Å². The van der Waals surface area contributed by atoms with Gasteiger partial charge in [0.05, 0.1) is 0 Å². The molecular formula is C16H18F8. The van der Waals surface area contributed by atoms with Crippen molar-refractivity contribution in [3.8, 4) is 0 Å². The highest BCUT2D eigenvalue weighted by Crippen LogP contribution is 2.57. The molecule has 0 radical (unpaired) electrons. The first-order valence-corrected chi connectivity index (χ1v) is 7.14. The lowest BCUT2D eigenvalue weighted by atomic mass is 9.74. The fraction of sp³-hybridized carbons (Fsp3) is 0.625. The number of hydrogen-bond donors (Lipinski definition) is 0. The molecule has 1 atom stereocenters. The third-order valence-electron chi connectivity index (χ3n) is 4.68. The van der Waals surface area contributed by atoms with Crippen LogP contribution in [-0.2, 0) is 10.8 Å². The molecule has 0 aromatic heterocycles. The number of alkyl halides is 8. The van der Waals surface area contributed by atoms with Crippen LogP contribution in [0.15, 0.2) is 24.3 Å². The van der Waals surface area contributed by atoms with Crippen molar-refractivity contribution in [3.05, 3.63) is 35.4 Å². The van der Waals surface area contributed by atoms with Crippen LogP contribution in [-0.4, -0.2) is 18.3 Å². The van der Waals surface area contributed by atoms with E-state index in [1.165, 1.54) is 0 Å². The maximum absolute atomic E-state index is 13.7. The van der Waals surface area contributed by atoms with Crippen molar-refractivity contribution in [1.29, 1.82) is 0 Å². The van der Waals surface area contributed by atoms with Crippen molar-refractivity contribution < 1.29 is 35.1 Å². The summed E-state index contributed by atoms with van der Waals surface area (Å²) in [6.45, 7) is 5.27. The van der Waals surface area contributed by atoms with Crippen LogP contribution in [0, 0.1) is 0 Å². The van der Waals surface area contributed by atoms with E-state index in [9.17, 15) is 35.1 Å². The second-order valence-corrected chi connectivity index (χ2v) is 6.51. The second-order valence-electron chi connectivity index (χ2n) is 6.51. The van der Waals surface area contributed by atoms with Crippen molar-refractivity contribution in [3.63, 3.8) is 0 Å². The first-order valence-electron chi connectivity index (χ1n) is 7.14. The molecule has 0 bridgehead atoms. The molecule has 0 amide bonds. The van der Waals surface area contributed by atoms with Crippen LogP contribution in [0.5, 0.6) is 0 Å². The van der Waals surface area contributed by atoms with E-state index in [0.29, 0.717) is 24.1 Å². The van der Waals surface area contributed by atoms with Crippen molar-refractivity contribution in [1.82, 2.24) is 0 Å². The molecule has 0 N–H and O–H groups in total. The van der Waals surface area contributed by atoms with Gasteiger partial charge in [-0.05, 0) is 29.9 Å². The number of halogens is 8. The fourth-order valence-corrected chi connectivity index (χ4v) is 2.27. The van der Waals surface area contributed by atoms with Crippen LogP contribution in [0.25, 0.3) is 0 Å². The molecule has 0 spiro atoms. The Balaban J connectivity index is 3.55. The Hall–Kier alpha value is -1.34. The summed E-state index contributed by atoms with van der Waals surface area (Å²) in [6, 6.07) is 3.71. The maximum atomic E-state index is 13.7. The highest BCUT2D eigenvalue weighted by Gasteiger charge is 2.77. The second kappa shape index (κ2) is 5.88. The Bertz CT molecular complexity index is 565. The number of benzene rings is 1. The zero-order valence-electron chi connectivity index (χ0n) is 13.5. The molecule has 0 fully saturated rings. The monoisotopic (exact) mass is 362 g/mol. The van der Waals surface area contributed by atoms with E-state index in [-0.39, 0.29) is 6.92 Å². The predicted molar refractivity (Wildman–Crippen MR) is 74.2 cm³/mol. The Labute approximate surface area is 134 Å². The molecule has 1 aromatic carbocycles. The maximum Gasteiger partial charge on any atom is 0.454 e. The third-order valence-corrected chi connectivity index (χ3v) is 4.68. The minimum Gasteiger partial charge on any atom is -0.195 e. The van der Waals surface area contributed by atoms with E-state index in [4.69, 9.17) is 0 Å². The summed E-state index contributed by atoms with van der Waals surface area (Å²) in [7, 11) is 0. The average molecular weight is 362 g/mol. The van der Waals surface area contributed by atoms with Gasteiger partial charge in [0.15, 0.2) is 5.41 Å². The fourth-order valence-electron chi connectivity index (χ4n) is 2.27. The normalized spacial score (nSPS) is 16.8. The molecule has 0 nitrogen and oxygen atoms in total. The van der Waals surface area contributed by atoms with E-state index < -0.39 is 34.7 Å². The summed E-state index contributed by atoms with van der Waals surface area (Å²) in [5.41, 5.74) is -5.41. The van der Waals surface area contributed by atoms with E-state index in [1.54, 1.807) is 13.8 Å². The number of hydrogen-bond acceptors (Lipinski definition) is 0. The number of rotatable bonds is 4. The summed E-state index contributed by atoms with van der Waals surface area (Å²) in [5.74, 6) is -5.97. The van der Waals surface area contributed by atoms with Gasteiger partial charge in [-0.3, -0.25) is 0 Å². The molecule has 0 heterocycles. The lowest BCUT2D eigenvalue weighted by Gasteiger charge is -2.40. The molecule has 0 saturated carbocycles. The predicted octanol–water partition coefficient (Wildman–Crippen LogP) is 6.39. The highest BCUT2D eigenvalue weighted by molar-refractivity contribution is 5.36. The topological polar surface area (TPSA) is 0 Å². The molecule has 1 unspecified atom stereocenters. The summed E-state index contributed by atoms with van der Waals surface area (Å²) in [4.78, 5) is 0. The summed E-state index contributed by atoms with van der Waals surface area (Å²) in [5, 5.41) is 0. The first-order chi connectivity index (χ1) is 10.5. The van der Waals surface area contributed by atoms with E-state index in [0.717, 1.165) is 12.1 Å². The Morgan fingerprint density at radius 1 is 0.667 bits per heavy atom. The Morgan fingerprint density at radius 2 is 1.04 bits per heavy atom. The molecule has 8 heteroatoms. The van der Waals surface area contributed by atoms with Crippen molar-refractivity contribution in [2.24, 2.45) is 0 Å². The molecular weight excluding hydrogens is 344 g/mol. The Morgan fingerprint density at radius 3 is 1.33 bits per heavy atom. The minimum atomic E-state index is -6.33. The van der Waals surface area contributed by atoms with Gasteiger partial charge in [0.2, 0.25) is 0 Å². The minimum absolute atomic E-state index is 0.125. The lowest BCUT2D eigenvalue weighted by molar-refractivity contribution is -0.354. The standard InChI is InChI=1S/C16H18F8/c1-5-12(2,3)10-6-8-11(9-7-10)13(4,15(19,20)21)14(17,18)16(22,23)24/h6-9H,5H2,1-4H3. The van der Waals surface area contributed by atoms with Gasteiger partial charge in [-0.2, -0.15) is 35.1 Å². The van der Waals surface area contributed by atoms with E-state index in [2.05, 4.69) is 0 Å². The molecule has 0 saturated heterocycles. The van der Waals surface area contributed by atoms with Gasteiger partial charge < -0.3 is 0 Å². The molecule has 1 rings (SSSR count). The summed E-state index contributed by atoms with van der Waals surface area (Å²) < 4.78 is 105. The van der Waals surface area contributed by atoms with Crippen molar-refractivity contribution in [2.75, 3.05) is 0 Å². The highest BCUT2D eigenvalue weighted by atomic mass is 19.4. The lowest BCUT2D eigenvalue weighted by Crippen LogP contribution is -2.60. The molecule has 0 aliphatic carbocycles. The smallest absolute Gasteiger partial charge is 0.195 e. The first kappa shape index (κ1) is 20.7. The van der Waals surface area contributed by atoms with Crippen LogP contribution < -0.4 is 0 Å². The van der Waals surface area contributed by atoms with Crippen LogP contribution in [0.4, 0.5) is 35.1 Å². The van der Waals surface area contributed by atoms with Crippen LogP contribution in [0.2, 0.25) is 0 Å². The SMILES string of the molecule is CCC(C)(C)c1ccc(C(C)(C(F)(F)F)C(F)(F)C(F)(F)F)cc1. The molecule has 0 aliphatic rings. The van der Waals surface area contributed by atoms with Crippen LogP contribution in [0.1, 0.15) is 45.2 Å². The molecule has 0 aliphatic heterocycles. The van der Waals surface area contributed by atoms with Crippen LogP contribution in [0.3, 0.4) is 0 Å². The largest absolute Gasteiger partial charge is 0.454 e. The molecule has 1 aromatic rings. The Kier molecular flexibility index (Phi) is 5.07. The zero-order valence-corrected chi connectivity index (χ0v) is 13.5. The van der Waals surface area contributed by atoms with Crippen molar-refractivity contribution in [2.45, 2.75) is 63.2 Å². The third kappa shape index (κ3) is 3.11. The average Bonchev–Trinajstić information content (AvgIpc) is 2.44. The van der Waals surface area contributed by atoms with Crippen molar-refractivity contribution >= 4 is 0 Å². The van der Waals surface area contributed by atoms with Gasteiger partial charge in [-0.1, -0.05) is 45.0 Å². The summed E-state index contributed by atoms with van der Waals surface area (Å²) >= 11 is 0. The van der Waals surface area contributed by atoms with E-state index in [1.807, 2.05) is 6.92 Å². The molecule has 24 heavy (non-hydrogen) atoms. The quantitative estimate of drug-likeness (QED) is 0.544. The van der Waals surface area contributed by atoms with Gasteiger partial charge in [0.1, 0.15) is 0 Å². The summed E-state index contributed by atoms with van der Waals surface area (Å²) in [6.07, 6.45) is -11.5. The zero-order chi connectivity index (χ0) is 19.2.